The molecular weight excluding hydrogens is 598 g/mol. The van der Waals surface area contributed by atoms with Gasteiger partial charge in [0.2, 0.25) is 10.0 Å². The fraction of sp³-hybridized carbons (Fsp3) is 0.250. The van der Waals surface area contributed by atoms with Crippen molar-refractivity contribution in [2.24, 2.45) is 5.92 Å². The van der Waals surface area contributed by atoms with Crippen molar-refractivity contribution in [2.45, 2.75) is 17.7 Å². The number of benzene rings is 2. The first-order valence-corrected chi connectivity index (χ1v) is 14.2. The van der Waals surface area contributed by atoms with Crippen molar-refractivity contribution in [3.05, 3.63) is 69.7 Å². The first-order valence-electron chi connectivity index (χ1n) is 11.1. The quantitative estimate of drug-likeness (QED) is 0.310. The van der Waals surface area contributed by atoms with E-state index in [2.05, 4.69) is 47.3 Å². The molecule has 0 aliphatic carbocycles. The number of para-hydroxylation sites is 1. The summed E-state index contributed by atoms with van der Waals surface area (Å²) in [6.45, 7) is 1.52. The number of phenolic OH excluding ortho intramolecular Hbond substituents is 1. The molecule has 8 nitrogen and oxygen atoms in total. The summed E-state index contributed by atoms with van der Waals surface area (Å²) in [7, 11) is -3.55. The molecule has 4 aromatic rings. The lowest BCUT2D eigenvalue weighted by Crippen LogP contribution is -2.41. The van der Waals surface area contributed by atoms with E-state index in [1.54, 1.807) is 51.4 Å². The number of piperidine rings is 1. The Bertz CT molecular complexity index is 1470. The Morgan fingerprint density at radius 1 is 1.11 bits per heavy atom. The van der Waals surface area contributed by atoms with Crippen molar-refractivity contribution in [2.75, 3.05) is 25.0 Å². The first kappa shape index (κ1) is 24.2. The van der Waals surface area contributed by atoms with Crippen LogP contribution in [0.3, 0.4) is 0 Å². The molecule has 1 aliphatic heterocycles. The molecule has 0 spiro atoms. The summed E-state index contributed by atoms with van der Waals surface area (Å²) in [6.07, 6.45) is 3.39. The number of nitrogens with zero attached hydrogens (tertiary/aromatic N) is 4. The number of nitrogens with one attached hydrogen (secondary N) is 1. The zero-order valence-corrected chi connectivity index (χ0v) is 22.6. The topological polar surface area (TPSA) is 99.8 Å². The van der Waals surface area contributed by atoms with Crippen LogP contribution in [0.5, 0.6) is 5.75 Å². The number of aromatic nitrogens is 3. The predicted molar refractivity (Wildman–Crippen MR) is 142 cm³/mol. The Labute approximate surface area is 220 Å². The fourth-order valence-corrected chi connectivity index (χ4v) is 6.47. The van der Waals surface area contributed by atoms with Crippen LogP contribution in [0.1, 0.15) is 12.8 Å². The zero-order chi connectivity index (χ0) is 24.6. The third kappa shape index (κ3) is 4.95. The van der Waals surface area contributed by atoms with Gasteiger partial charge in [-0.3, -0.25) is 0 Å². The van der Waals surface area contributed by atoms with E-state index in [-0.39, 0.29) is 11.7 Å². The van der Waals surface area contributed by atoms with E-state index < -0.39 is 10.0 Å². The molecule has 1 unspecified atom stereocenters. The van der Waals surface area contributed by atoms with E-state index in [1.165, 1.54) is 0 Å². The lowest BCUT2D eigenvalue weighted by molar-refractivity contribution is 0.275. The van der Waals surface area contributed by atoms with Gasteiger partial charge in [-0.2, -0.15) is 13.9 Å². The van der Waals surface area contributed by atoms with Crippen LogP contribution in [0.25, 0.3) is 16.9 Å². The Kier molecular flexibility index (Phi) is 6.84. The number of anilines is 1. The van der Waals surface area contributed by atoms with E-state index in [0.29, 0.717) is 47.3 Å². The Balaban J connectivity index is 1.37. The van der Waals surface area contributed by atoms with Crippen LogP contribution in [0, 0.1) is 5.92 Å². The third-order valence-electron chi connectivity index (χ3n) is 6.11. The number of sulfonamides is 1. The fourth-order valence-electron chi connectivity index (χ4n) is 4.31. The molecule has 3 heterocycles. The van der Waals surface area contributed by atoms with Gasteiger partial charge in [0.05, 0.1) is 21.3 Å². The second-order valence-electron chi connectivity index (χ2n) is 8.48. The van der Waals surface area contributed by atoms with E-state index in [9.17, 15) is 13.5 Å². The van der Waals surface area contributed by atoms with Crippen molar-refractivity contribution < 1.29 is 13.5 Å². The SMILES string of the molecule is O=S(=O)(c1ccc(Br)cc1)N1CCCC(CNc2cc(-c3ccccc3O)nc3c(Br)cnn23)C1. The predicted octanol–water partition coefficient (Wildman–Crippen LogP) is 5.14. The highest BCUT2D eigenvalue weighted by Crippen LogP contribution is 2.31. The van der Waals surface area contributed by atoms with Gasteiger partial charge in [-0.1, -0.05) is 28.1 Å². The van der Waals surface area contributed by atoms with Gasteiger partial charge in [-0.05, 0) is 71.1 Å². The number of rotatable bonds is 6. The normalized spacial score (nSPS) is 17.0. The van der Waals surface area contributed by atoms with Gasteiger partial charge >= 0.3 is 0 Å². The van der Waals surface area contributed by atoms with Crippen LogP contribution >= 0.6 is 31.9 Å². The zero-order valence-electron chi connectivity index (χ0n) is 18.6. The van der Waals surface area contributed by atoms with E-state index in [4.69, 9.17) is 0 Å². The molecule has 5 rings (SSSR count). The minimum Gasteiger partial charge on any atom is -0.507 e. The molecule has 1 fully saturated rings. The maximum atomic E-state index is 13.2. The molecule has 2 aromatic carbocycles. The third-order valence-corrected chi connectivity index (χ3v) is 9.08. The number of phenols is 1. The summed E-state index contributed by atoms with van der Waals surface area (Å²) in [5.41, 5.74) is 1.86. The van der Waals surface area contributed by atoms with Gasteiger partial charge in [-0.15, -0.1) is 0 Å². The van der Waals surface area contributed by atoms with Gasteiger partial charge in [0.25, 0.3) is 0 Å². The maximum absolute atomic E-state index is 13.2. The number of aromatic hydroxyl groups is 1. The van der Waals surface area contributed by atoms with Crippen LogP contribution in [0.4, 0.5) is 5.82 Å². The largest absolute Gasteiger partial charge is 0.507 e. The van der Waals surface area contributed by atoms with Crippen LogP contribution in [0.15, 0.2) is 74.6 Å². The van der Waals surface area contributed by atoms with E-state index in [1.807, 2.05) is 18.2 Å². The Hall–Kier alpha value is -2.47. The molecule has 2 N–H and O–H groups in total. The summed E-state index contributed by atoms with van der Waals surface area (Å²) in [5, 5.41) is 18.2. The van der Waals surface area contributed by atoms with Gasteiger partial charge < -0.3 is 10.4 Å². The Morgan fingerprint density at radius 3 is 2.66 bits per heavy atom. The summed E-state index contributed by atoms with van der Waals surface area (Å²) in [5.74, 6) is 0.989. The Morgan fingerprint density at radius 2 is 1.89 bits per heavy atom. The number of hydrogen-bond donors (Lipinski definition) is 2. The molecule has 0 radical (unpaired) electrons. The highest BCUT2D eigenvalue weighted by atomic mass is 79.9. The molecule has 0 amide bonds. The summed E-state index contributed by atoms with van der Waals surface area (Å²) in [6, 6.07) is 15.7. The number of halogens is 2. The van der Waals surface area contributed by atoms with Crippen molar-refractivity contribution in [1.82, 2.24) is 18.9 Å². The molecule has 1 atom stereocenters. The standard InChI is InChI=1S/C24H23Br2N5O3S/c25-17-7-9-18(10-8-17)35(33,34)30-11-3-4-16(15-30)13-27-23-12-21(19-5-1-2-6-22(19)32)29-24-20(26)14-28-31(23)24/h1-2,5-10,12,14,16,27,32H,3-4,11,13,15H2. The van der Waals surface area contributed by atoms with Gasteiger partial charge in [0, 0.05) is 35.7 Å². The second kappa shape index (κ2) is 9.88. The van der Waals surface area contributed by atoms with Crippen LogP contribution < -0.4 is 5.32 Å². The molecule has 1 aliphatic rings. The van der Waals surface area contributed by atoms with Crippen molar-refractivity contribution in [3.63, 3.8) is 0 Å². The summed E-state index contributed by atoms with van der Waals surface area (Å²) >= 11 is 6.86. The lowest BCUT2D eigenvalue weighted by atomic mass is 10.00. The molecule has 2 aromatic heterocycles. The van der Waals surface area contributed by atoms with Crippen LogP contribution in [-0.2, 0) is 10.0 Å². The minimum atomic E-state index is -3.55. The molecule has 35 heavy (non-hydrogen) atoms. The van der Waals surface area contributed by atoms with Gasteiger partial charge in [0.15, 0.2) is 5.65 Å². The smallest absolute Gasteiger partial charge is 0.243 e. The van der Waals surface area contributed by atoms with Crippen molar-refractivity contribution in [1.29, 1.82) is 0 Å². The van der Waals surface area contributed by atoms with E-state index >= 15 is 0 Å². The first-order chi connectivity index (χ1) is 16.8. The average molecular weight is 621 g/mol. The summed E-state index contributed by atoms with van der Waals surface area (Å²) in [4.78, 5) is 4.97. The van der Waals surface area contributed by atoms with Crippen LogP contribution in [-0.4, -0.2) is 52.1 Å². The highest BCUT2D eigenvalue weighted by Gasteiger charge is 2.30. The lowest BCUT2D eigenvalue weighted by Gasteiger charge is -2.32. The maximum Gasteiger partial charge on any atom is 0.243 e. The minimum absolute atomic E-state index is 0.129. The van der Waals surface area contributed by atoms with Crippen molar-refractivity contribution >= 4 is 53.3 Å². The van der Waals surface area contributed by atoms with Crippen molar-refractivity contribution in [3.8, 4) is 17.0 Å². The molecule has 0 bridgehead atoms. The van der Waals surface area contributed by atoms with E-state index in [0.717, 1.165) is 21.8 Å². The van der Waals surface area contributed by atoms with Gasteiger partial charge in [-0.25, -0.2) is 13.4 Å². The second-order valence-corrected chi connectivity index (χ2v) is 12.2. The van der Waals surface area contributed by atoms with Crippen LogP contribution in [0.2, 0.25) is 0 Å². The molecule has 0 saturated carbocycles. The number of fused-ring (bicyclic) bond motifs is 1. The van der Waals surface area contributed by atoms with Gasteiger partial charge in [0.1, 0.15) is 11.6 Å². The average Bonchev–Trinajstić information content (AvgIpc) is 3.24. The number of hydrogen-bond acceptors (Lipinski definition) is 6. The molecule has 11 heteroatoms. The molecular formula is C24H23Br2N5O3S. The summed E-state index contributed by atoms with van der Waals surface area (Å²) < 4.78 is 31.2. The molecule has 182 valence electrons. The highest BCUT2D eigenvalue weighted by molar-refractivity contribution is 9.11. The monoisotopic (exact) mass is 619 g/mol. The molecule has 1 saturated heterocycles.